The number of benzene rings is 2. The van der Waals surface area contributed by atoms with Crippen molar-refractivity contribution in [2.45, 2.75) is 25.9 Å². The fourth-order valence-corrected chi connectivity index (χ4v) is 3.52. The van der Waals surface area contributed by atoms with Crippen LogP contribution in [0.3, 0.4) is 0 Å². The fourth-order valence-electron chi connectivity index (χ4n) is 3.31. The van der Waals surface area contributed by atoms with Crippen molar-refractivity contribution in [3.63, 3.8) is 0 Å². The molecule has 0 aromatic heterocycles. The number of hydrazone groups is 1. The molecule has 0 unspecified atom stereocenters. The average Bonchev–Trinajstić information content (AvgIpc) is 3.67. The number of aliphatic imine (C=N–C) groups is 1. The minimum absolute atomic E-state index is 0.0702. The number of hydrogen-bond donors (Lipinski definition) is 3. The van der Waals surface area contributed by atoms with Crippen LogP contribution in [0.4, 0.5) is 4.39 Å². The van der Waals surface area contributed by atoms with Gasteiger partial charge >= 0.3 is 0 Å². The number of nitriles is 1. The molecule has 8 nitrogen and oxygen atoms in total. The van der Waals surface area contributed by atoms with Crippen molar-refractivity contribution >= 4 is 34.9 Å². The molecule has 10 heteroatoms. The van der Waals surface area contributed by atoms with Crippen molar-refractivity contribution in [1.82, 2.24) is 5.43 Å². The van der Waals surface area contributed by atoms with Crippen LogP contribution >= 0.6 is 11.6 Å². The molecule has 2 aromatic rings. The van der Waals surface area contributed by atoms with Gasteiger partial charge in [0, 0.05) is 62.1 Å². The van der Waals surface area contributed by atoms with E-state index >= 15 is 4.39 Å². The standard InChI is InChI=1S/C23H25ClFN5O2.C2H3N/c1-28-23(18-8-16(32-15-5-6-15)9-20(24)22(18)25)19(10-26)13-3-4-14(12-31)17(7-13)21(11-27)30-29-2;1-2-3/h3-4,7-10,12,15,29H,5-6,11,26-27H2,1-2H3;1H3/b19-10-,28-23?,30-21-;. The summed E-state index contributed by atoms with van der Waals surface area (Å²) in [5.74, 6) is -0.158. The number of nitrogens with two attached hydrogens (primary N) is 2. The van der Waals surface area contributed by atoms with Crippen molar-refractivity contribution < 1.29 is 13.9 Å². The molecule has 2 aromatic carbocycles. The second-order valence-electron chi connectivity index (χ2n) is 7.37. The lowest BCUT2D eigenvalue weighted by molar-refractivity contribution is 0.112. The molecule has 0 radical (unpaired) electrons. The molecule has 0 saturated heterocycles. The fraction of sp³-hybridized carbons (Fsp3) is 0.280. The lowest BCUT2D eigenvalue weighted by Gasteiger charge is -2.16. The molecular weight excluding hydrogens is 471 g/mol. The SMILES string of the molecule is CC#N.CN=C(/C(=C\N)c1ccc(C=O)c(/C(CN)=N\NC)c1)c1cc(OC2CC2)cc(Cl)c1F. The molecule has 0 atom stereocenters. The minimum Gasteiger partial charge on any atom is -0.490 e. The highest BCUT2D eigenvalue weighted by molar-refractivity contribution is 6.35. The normalized spacial score (nSPS) is 13.9. The highest BCUT2D eigenvalue weighted by Gasteiger charge is 2.26. The van der Waals surface area contributed by atoms with Gasteiger partial charge in [0.25, 0.3) is 0 Å². The number of halogens is 2. The van der Waals surface area contributed by atoms with E-state index in [4.69, 9.17) is 33.1 Å². The topological polar surface area (TPSA) is 139 Å². The number of aldehydes is 1. The molecule has 0 amide bonds. The van der Waals surface area contributed by atoms with Gasteiger partial charge in [0.15, 0.2) is 12.1 Å². The third-order valence-corrected chi connectivity index (χ3v) is 5.25. The quantitative estimate of drug-likeness (QED) is 0.274. The maximum atomic E-state index is 15.0. The van der Waals surface area contributed by atoms with Crippen molar-refractivity contribution in [1.29, 1.82) is 5.26 Å². The van der Waals surface area contributed by atoms with Crippen LogP contribution in [0.25, 0.3) is 5.57 Å². The molecule has 35 heavy (non-hydrogen) atoms. The predicted molar refractivity (Wildman–Crippen MR) is 137 cm³/mol. The monoisotopic (exact) mass is 498 g/mol. The Morgan fingerprint density at radius 3 is 2.54 bits per heavy atom. The first-order valence-corrected chi connectivity index (χ1v) is 11.2. The van der Waals surface area contributed by atoms with Crippen molar-refractivity contribution in [3.8, 4) is 11.8 Å². The highest BCUT2D eigenvalue weighted by Crippen LogP contribution is 2.33. The largest absolute Gasteiger partial charge is 0.490 e. The van der Waals surface area contributed by atoms with Crippen molar-refractivity contribution in [2.24, 2.45) is 21.6 Å². The number of nitrogens with one attached hydrogen (secondary N) is 1. The van der Waals surface area contributed by atoms with E-state index in [0.29, 0.717) is 33.7 Å². The molecular formula is C25H28ClFN6O2. The van der Waals surface area contributed by atoms with Crippen LogP contribution in [0.5, 0.6) is 5.75 Å². The predicted octanol–water partition coefficient (Wildman–Crippen LogP) is 3.66. The number of nitrogens with zero attached hydrogens (tertiary/aromatic N) is 3. The van der Waals surface area contributed by atoms with Crippen LogP contribution in [-0.4, -0.2) is 44.5 Å². The summed E-state index contributed by atoms with van der Waals surface area (Å²) in [7, 11) is 3.17. The summed E-state index contributed by atoms with van der Waals surface area (Å²) in [6.45, 7) is 1.53. The van der Waals surface area contributed by atoms with Crippen molar-refractivity contribution in [2.75, 3.05) is 20.6 Å². The number of ether oxygens (including phenoxy) is 1. The summed E-state index contributed by atoms with van der Waals surface area (Å²) in [5, 5.41) is 11.4. The zero-order valence-corrected chi connectivity index (χ0v) is 20.6. The van der Waals surface area contributed by atoms with Crippen LogP contribution in [0.2, 0.25) is 5.02 Å². The molecule has 0 bridgehead atoms. The van der Waals surface area contributed by atoms with Gasteiger partial charge in [-0.15, -0.1) is 0 Å². The Bertz CT molecular complexity index is 1200. The van der Waals surface area contributed by atoms with Gasteiger partial charge in [-0.25, -0.2) is 4.39 Å². The summed E-state index contributed by atoms with van der Waals surface area (Å²) in [4.78, 5) is 15.9. The smallest absolute Gasteiger partial charge is 0.151 e. The molecule has 5 N–H and O–H groups in total. The van der Waals surface area contributed by atoms with E-state index in [1.165, 1.54) is 26.2 Å². The Labute approximate surface area is 209 Å². The highest BCUT2D eigenvalue weighted by atomic mass is 35.5. The second-order valence-corrected chi connectivity index (χ2v) is 7.77. The average molecular weight is 499 g/mol. The number of allylic oxidation sites excluding steroid dienone is 1. The van der Waals surface area contributed by atoms with E-state index in [1.54, 1.807) is 37.4 Å². The summed E-state index contributed by atoms with van der Waals surface area (Å²) < 4.78 is 20.8. The summed E-state index contributed by atoms with van der Waals surface area (Å²) in [6, 6.07) is 9.83. The van der Waals surface area contributed by atoms with Gasteiger partial charge in [0.1, 0.15) is 5.75 Å². The molecule has 1 aliphatic rings. The number of carbonyl (C=O) groups is 1. The van der Waals surface area contributed by atoms with Crippen molar-refractivity contribution in [3.05, 3.63) is 69.6 Å². The van der Waals surface area contributed by atoms with Crippen LogP contribution < -0.4 is 21.6 Å². The maximum Gasteiger partial charge on any atom is 0.151 e. The summed E-state index contributed by atoms with van der Waals surface area (Å²) in [5.41, 5.74) is 17.4. The summed E-state index contributed by atoms with van der Waals surface area (Å²) >= 11 is 6.14. The number of carbonyl (C=O) groups excluding carboxylic acids is 1. The second kappa shape index (κ2) is 13.2. The first-order valence-electron chi connectivity index (χ1n) is 10.8. The van der Waals surface area contributed by atoms with Crippen LogP contribution in [0, 0.1) is 17.1 Å². The Balaban J connectivity index is 0.00000137. The molecule has 1 fully saturated rings. The van der Waals surface area contributed by atoms with Gasteiger partial charge < -0.3 is 21.6 Å². The van der Waals surface area contributed by atoms with Crippen LogP contribution in [-0.2, 0) is 0 Å². The van der Waals surface area contributed by atoms with E-state index < -0.39 is 5.82 Å². The number of rotatable bonds is 9. The maximum absolute atomic E-state index is 15.0. The van der Waals surface area contributed by atoms with Gasteiger partial charge in [0.05, 0.1) is 28.6 Å². The van der Waals surface area contributed by atoms with E-state index in [2.05, 4.69) is 15.5 Å². The molecule has 1 saturated carbocycles. The third kappa shape index (κ3) is 6.88. The van der Waals surface area contributed by atoms with Gasteiger partial charge in [-0.2, -0.15) is 10.4 Å². The molecule has 0 aliphatic heterocycles. The molecule has 0 heterocycles. The minimum atomic E-state index is -0.626. The van der Waals surface area contributed by atoms with Gasteiger partial charge in [0.2, 0.25) is 0 Å². The molecule has 184 valence electrons. The number of hydrogen-bond acceptors (Lipinski definition) is 8. The Morgan fingerprint density at radius 1 is 1.34 bits per heavy atom. The zero-order valence-electron chi connectivity index (χ0n) is 19.8. The lowest BCUT2D eigenvalue weighted by atomic mass is 9.92. The van der Waals surface area contributed by atoms with Crippen LogP contribution in [0.1, 0.15) is 46.8 Å². The molecule has 3 rings (SSSR count). The summed E-state index contributed by atoms with van der Waals surface area (Å²) in [6.07, 6.45) is 4.09. The van der Waals surface area contributed by atoms with E-state index in [9.17, 15) is 4.79 Å². The van der Waals surface area contributed by atoms with Gasteiger partial charge in [-0.3, -0.25) is 9.79 Å². The molecule has 0 spiro atoms. The van der Waals surface area contributed by atoms with E-state index in [0.717, 1.165) is 19.1 Å². The Hall–Kier alpha value is -3.74. The first kappa shape index (κ1) is 27.5. The van der Waals surface area contributed by atoms with Gasteiger partial charge in [-0.1, -0.05) is 23.7 Å². The van der Waals surface area contributed by atoms with Crippen LogP contribution in [0.15, 0.2) is 46.6 Å². The zero-order chi connectivity index (χ0) is 26.0. The Kier molecular flexibility index (Phi) is 10.4. The van der Waals surface area contributed by atoms with Gasteiger partial charge in [-0.05, 0) is 30.5 Å². The van der Waals surface area contributed by atoms with E-state index in [-0.39, 0.29) is 28.9 Å². The third-order valence-electron chi connectivity index (χ3n) is 4.97. The lowest BCUT2D eigenvalue weighted by Crippen LogP contribution is -2.20. The first-order chi connectivity index (χ1) is 16.9. The Morgan fingerprint density at radius 2 is 2.03 bits per heavy atom. The van der Waals surface area contributed by atoms with E-state index in [1.807, 2.05) is 0 Å². The molecule has 1 aliphatic carbocycles.